The van der Waals surface area contributed by atoms with Crippen LogP contribution in [0.5, 0.6) is 0 Å². The second kappa shape index (κ2) is 7.03. The first kappa shape index (κ1) is 14.5. The van der Waals surface area contributed by atoms with E-state index in [1.54, 1.807) is 4.68 Å². The lowest BCUT2D eigenvalue weighted by atomic mass is 10.1. The smallest absolute Gasteiger partial charge is 0.153 e. The van der Waals surface area contributed by atoms with E-state index in [1.807, 2.05) is 19.1 Å². The van der Waals surface area contributed by atoms with Crippen LogP contribution in [0.2, 0.25) is 0 Å². The minimum absolute atomic E-state index is 0.537. The zero-order valence-electron chi connectivity index (χ0n) is 12.5. The van der Waals surface area contributed by atoms with E-state index >= 15 is 0 Å². The van der Waals surface area contributed by atoms with Gasteiger partial charge in [-0.1, -0.05) is 32.8 Å². The molecule has 5 heteroatoms. The summed E-state index contributed by atoms with van der Waals surface area (Å²) in [5.74, 6) is 0.792. The fraction of sp³-hybridized carbons (Fsp3) is 0.533. The second-order valence-electron chi connectivity index (χ2n) is 5.11. The van der Waals surface area contributed by atoms with Crippen molar-refractivity contribution in [1.82, 2.24) is 20.2 Å². The fourth-order valence-electron chi connectivity index (χ4n) is 2.42. The molecule has 1 N–H and O–H groups in total. The molecule has 0 saturated heterocycles. The standard InChI is InChI=1S/C15H23N5/c1-4-7-13(8-5-2)16-14-9-6-10-15(11-14)20-12(3)17-18-19-20/h6,9-11,13,16H,4-5,7-8H2,1-3H3. The topological polar surface area (TPSA) is 55.6 Å². The third-order valence-corrected chi connectivity index (χ3v) is 3.36. The molecule has 0 fully saturated rings. The van der Waals surface area contributed by atoms with E-state index in [1.165, 1.54) is 25.7 Å². The van der Waals surface area contributed by atoms with E-state index in [0.717, 1.165) is 17.2 Å². The highest BCUT2D eigenvalue weighted by molar-refractivity contribution is 5.51. The first-order valence-electron chi connectivity index (χ1n) is 7.36. The van der Waals surface area contributed by atoms with E-state index in [-0.39, 0.29) is 0 Å². The average molecular weight is 273 g/mol. The van der Waals surface area contributed by atoms with E-state index in [0.29, 0.717) is 6.04 Å². The van der Waals surface area contributed by atoms with Crippen molar-refractivity contribution < 1.29 is 0 Å². The normalized spacial score (nSPS) is 11.0. The van der Waals surface area contributed by atoms with Crippen LogP contribution in [-0.4, -0.2) is 26.2 Å². The molecule has 0 bridgehead atoms. The molecule has 108 valence electrons. The van der Waals surface area contributed by atoms with Crippen molar-refractivity contribution >= 4 is 5.69 Å². The predicted molar refractivity (Wildman–Crippen MR) is 81.1 cm³/mol. The summed E-state index contributed by atoms with van der Waals surface area (Å²) in [7, 11) is 0. The van der Waals surface area contributed by atoms with Crippen LogP contribution in [0, 0.1) is 6.92 Å². The van der Waals surface area contributed by atoms with Crippen LogP contribution in [0.3, 0.4) is 0 Å². The Hall–Kier alpha value is -1.91. The van der Waals surface area contributed by atoms with Gasteiger partial charge in [0.05, 0.1) is 5.69 Å². The number of hydrogen-bond acceptors (Lipinski definition) is 4. The van der Waals surface area contributed by atoms with Crippen molar-refractivity contribution in [2.45, 2.75) is 52.5 Å². The van der Waals surface area contributed by atoms with Gasteiger partial charge in [-0.05, 0) is 48.4 Å². The maximum Gasteiger partial charge on any atom is 0.153 e. The molecule has 1 heterocycles. The van der Waals surface area contributed by atoms with E-state index in [4.69, 9.17) is 0 Å². The zero-order valence-corrected chi connectivity index (χ0v) is 12.5. The van der Waals surface area contributed by atoms with Gasteiger partial charge in [0.25, 0.3) is 0 Å². The summed E-state index contributed by atoms with van der Waals surface area (Å²) in [6.45, 7) is 6.35. The molecule has 2 aromatic rings. The van der Waals surface area contributed by atoms with Gasteiger partial charge in [-0.3, -0.25) is 0 Å². The van der Waals surface area contributed by atoms with Gasteiger partial charge in [0, 0.05) is 11.7 Å². The zero-order chi connectivity index (χ0) is 14.4. The molecule has 20 heavy (non-hydrogen) atoms. The number of nitrogens with zero attached hydrogens (tertiary/aromatic N) is 4. The van der Waals surface area contributed by atoms with Crippen molar-refractivity contribution in [1.29, 1.82) is 0 Å². The maximum absolute atomic E-state index is 4.01. The van der Waals surface area contributed by atoms with Crippen molar-refractivity contribution in [2.75, 3.05) is 5.32 Å². The Morgan fingerprint density at radius 2 is 1.95 bits per heavy atom. The fourth-order valence-corrected chi connectivity index (χ4v) is 2.42. The summed E-state index contributed by atoms with van der Waals surface area (Å²) in [5, 5.41) is 15.2. The summed E-state index contributed by atoms with van der Waals surface area (Å²) in [6.07, 6.45) is 4.79. The highest BCUT2D eigenvalue weighted by atomic mass is 15.5. The Balaban J connectivity index is 2.15. The van der Waals surface area contributed by atoms with Gasteiger partial charge in [0.15, 0.2) is 5.82 Å². The number of aryl methyl sites for hydroxylation is 1. The van der Waals surface area contributed by atoms with Crippen LogP contribution >= 0.6 is 0 Å². The van der Waals surface area contributed by atoms with Crippen molar-refractivity contribution in [3.63, 3.8) is 0 Å². The third kappa shape index (κ3) is 3.56. The quantitative estimate of drug-likeness (QED) is 0.840. The summed E-state index contributed by atoms with van der Waals surface area (Å²) in [4.78, 5) is 0. The summed E-state index contributed by atoms with van der Waals surface area (Å²) >= 11 is 0. The SMILES string of the molecule is CCCC(CCC)Nc1cccc(-n2nnnc2C)c1. The third-order valence-electron chi connectivity index (χ3n) is 3.36. The Labute approximate surface area is 120 Å². The first-order chi connectivity index (χ1) is 9.74. The highest BCUT2D eigenvalue weighted by Gasteiger charge is 2.08. The molecule has 0 aliphatic heterocycles. The number of anilines is 1. The number of rotatable bonds is 7. The minimum atomic E-state index is 0.537. The molecule has 2 rings (SSSR count). The summed E-state index contributed by atoms with van der Waals surface area (Å²) in [5.41, 5.74) is 2.12. The second-order valence-corrected chi connectivity index (χ2v) is 5.11. The molecule has 0 aliphatic rings. The van der Waals surface area contributed by atoms with Crippen LogP contribution in [-0.2, 0) is 0 Å². The maximum atomic E-state index is 4.01. The highest BCUT2D eigenvalue weighted by Crippen LogP contribution is 2.18. The Kier molecular flexibility index (Phi) is 5.09. The van der Waals surface area contributed by atoms with Gasteiger partial charge in [-0.2, -0.15) is 4.68 Å². The number of nitrogens with one attached hydrogen (secondary N) is 1. The number of benzene rings is 1. The molecular formula is C15H23N5. The van der Waals surface area contributed by atoms with Gasteiger partial charge < -0.3 is 5.32 Å². The van der Waals surface area contributed by atoms with E-state index in [2.05, 4.69) is 46.8 Å². The molecule has 1 aromatic heterocycles. The van der Waals surface area contributed by atoms with Crippen LogP contribution in [0.25, 0.3) is 5.69 Å². The van der Waals surface area contributed by atoms with Crippen LogP contribution in [0.1, 0.15) is 45.4 Å². The predicted octanol–water partition coefficient (Wildman–Crippen LogP) is 3.35. The number of aromatic nitrogens is 4. The molecule has 0 radical (unpaired) electrons. The lowest BCUT2D eigenvalue weighted by Gasteiger charge is -2.19. The average Bonchev–Trinajstić information content (AvgIpc) is 2.86. The monoisotopic (exact) mass is 273 g/mol. The Morgan fingerprint density at radius 1 is 1.20 bits per heavy atom. The molecule has 0 atom stereocenters. The summed E-state index contributed by atoms with van der Waals surface area (Å²) < 4.78 is 1.75. The lowest BCUT2D eigenvalue weighted by molar-refractivity contribution is 0.586. The van der Waals surface area contributed by atoms with Crippen molar-refractivity contribution in [3.8, 4) is 5.69 Å². The van der Waals surface area contributed by atoms with Crippen LogP contribution < -0.4 is 5.32 Å². The molecule has 0 amide bonds. The van der Waals surface area contributed by atoms with Crippen molar-refractivity contribution in [2.24, 2.45) is 0 Å². The Morgan fingerprint density at radius 3 is 2.55 bits per heavy atom. The molecule has 0 saturated carbocycles. The van der Waals surface area contributed by atoms with Gasteiger partial charge in [0.2, 0.25) is 0 Å². The lowest BCUT2D eigenvalue weighted by Crippen LogP contribution is -2.19. The van der Waals surface area contributed by atoms with Gasteiger partial charge in [0.1, 0.15) is 0 Å². The van der Waals surface area contributed by atoms with Crippen molar-refractivity contribution in [3.05, 3.63) is 30.1 Å². The van der Waals surface area contributed by atoms with E-state index in [9.17, 15) is 0 Å². The van der Waals surface area contributed by atoms with Gasteiger partial charge in [-0.25, -0.2) is 0 Å². The van der Waals surface area contributed by atoms with Crippen LogP contribution in [0.15, 0.2) is 24.3 Å². The first-order valence-corrected chi connectivity index (χ1v) is 7.36. The van der Waals surface area contributed by atoms with Gasteiger partial charge in [-0.15, -0.1) is 5.10 Å². The van der Waals surface area contributed by atoms with Crippen LogP contribution in [0.4, 0.5) is 5.69 Å². The van der Waals surface area contributed by atoms with E-state index < -0.39 is 0 Å². The molecule has 0 spiro atoms. The Bertz CT molecular complexity index is 529. The molecule has 0 aliphatic carbocycles. The molecule has 1 aromatic carbocycles. The number of hydrogen-bond donors (Lipinski definition) is 1. The minimum Gasteiger partial charge on any atom is -0.382 e. The molecule has 5 nitrogen and oxygen atoms in total. The van der Waals surface area contributed by atoms with Gasteiger partial charge >= 0.3 is 0 Å². The molecule has 0 unspecified atom stereocenters. The summed E-state index contributed by atoms with van der Waals surface area (Å²) in [6, 6.07) is 8.79. The largest absolute Gasteiger partial charge is 0.382 e. The number of tetrazole rings is 1. The molecular weight excluding hydrogens is 250 g/mol.